The Labute approximate surface area is 177 Å². The van der Waals surface area contributed by atoms with E-state index in [0.29, 0.717) is 36.3 Å². The number of anilines is 2. The van der Waals surface area contributed by atoms with Crippen molar-refractivity contribution in [3.05, 3.63) is 54.2 Å². The molecule has 162 valence electrons. The van der Waals surface area contributed by atoms with E-state index in [1.54, 1.807) is 49.6 Å². The molecule has 31 heavy (non-hydrogen) atoms. The number of methoxy groups -OCH3 is 1. The van der Waals surface area contributed by atoms with E-state index in [9.17, 15) is 18.0 Å². The zero-order valence-electron chi connectivity index (χ0n) is 16.8. The van der Waals surface area contributed by atoms with Gasteiger partial charge in [-0.1, -0.05) is 12.1 Å². The maximum Gasteiger partial charge on any atom is 0.437 e. The molecule has 1 amide bonds. The molecular formula is C22H21F3N4O2. The number of carbonyl (C=O) groups is 1. The van der Waals surface area contributed by atoms with E-state index in [1.807, 2.05) is 0 Å². The minimum Gasteiger partial charge on any atom is -0.497 e. The largest absolute Gasteiger partial charge is 0.497 e. The second-order valence-electron chi connectivity index (χ2n) is 7.39. The highest BCUT2D eigenvalue weighted by molar-refractivity contribution is 5.93. The van der Waals surface area contributed by atoms with Crippen molar-refractivity contribution in [3.8, 4) is 5.75 Å². The third-order valence-electron chi connectivity index (χ3n) is 5.27. The maximum atomic E-state index is 13.7. The Hall–Kier alpha value is -3.36. The summed E-state index contributed by atoms with van der Waals surface area (Å²) in [5.41, 5.74) is 0.145. The number of alkyl halides is 3. The minimum atomic E-state index is -4.65. The van der Waals surface area contributed by atoms with Crippen LogP contribution in [0.25, 0.3) is 11.0 Å². The molecule has 1 saturated heterocycles. The molecule has 2 aromatic carbocycles. The second-order valence-corrected chi connectivity index (χ2v) is 7.39. The van der Waals surface area contributed by atoms with Crippen LogP contribution in [0, 0.1) is 5.92 Å². The second kappa shape index (κ2) is 8.41. The average Bonchev–Trinajstić information content (AvgIpc) is 2.78. The number of nitrogens with one attached hydrogen (secondary N) is 1. The van der Waals surface area contributed by atoms with E-state index >= 15 is 0 Å². The zero-order chi connectivity index (χ0) is 22.0. The minimum absolute atomic E-state index is 0.137. The van der Waals surface area contributed by atoms with Crippen LogP contribution in [0.2, 0.25) is 0 Å². The lowest BCUT2D eigenvalue weighted by Gasteiger charge is -2.34. The summed E-state index contributed by atoms with van der Waals surface area (Å²) in [6, 6.07) is 13.3. The third kappa shape index (κ3) is 4.55. The summed E-state index contributed by atoms with van der Waals surface area (Å²) in [6.07, 6.45) is -3.49. The fraction of sp³-hybridized carbons (Fsp3) is 0.318. The molecule has 0 bridgehead atoms. The van der Waals surface area contributed by atoms with Crippen molar-refractivity contribution in [3.63, 3.8) is 0 Å². The van der Waals surface area contributed by atoms with E-state index < -0.39 is 17.8 Å². The topological polar surface area (TPSA) is 67.3 Å². The highest BCUT2D eigenvalue weighted by Gasteiger charge is 2.40. The van der Waals surface area contributed by atoms with Crippen LogP contribution in [-0.4, -0.2) is 36.1 Å². The van der Waals surface area contributed by atoms with Gasteiger partial charge in [-0.25, -0.2) is 9.97 Å². The molecule has 6 nitrogen and oxygen atoms in total. The van der Waals surface area contributed by atoms with Crippen molar-refractivity contribution >= 4 is 28.4 Å². The summed E-state index contributed by atoms with van der Waals surface area (Å²) >= 11 is 0. The van der Waals surface area contributed by atoms with Gasteiger partial charge in [0.15, 0.2) is 11.5 Å². The number of amides is 1. The summed E-state index contributed by atoms with van der Waals surface area (Å²) in [6.45, 7) is 0.514. The van der Waals surface area contributed by atoms with Gasteiger partial charge in [-0.15, -0.1) is 0 Å². The molecule has 0 aliphatic carbocycles. The Kier molecular flexibility index (Phi) is 5.67. The number of hydrogen-bond donors (Lipinski definition) is 1. The number of aromatic nitrogens is 2. The molecule has 1 aromatic heterocycles. The first-order valence-electron chi connectivity index (χ1n) is 9.89. The van der Waals surface area contributed by atoms with Gasteiger partial charge in [0, 0.05) is 18.8 Å². The molecule has 4 rings (SSSR count). The van der Waals surface area contributed by atoms with Crippen molar-refractivity contribution in [2.75, 3.05) is 30.4 Å². The van der Waals surface area contributed by atoms with Crippen LogP contribution in [0.15, 0.2) is 48.5 Å². The third-order valence-corrected chi connectivity index (χ3v) is 5.27. The van der Waals surface area contributed by atoms with Gasteiger partial charge in [0.2, 0.25) is 5.91 Å². The molecule has 1 atom stereocenters. The number of nitrogens with zero attached hydrogens (tertiary/aromatic N) is 3. The van der Waals surface area contributed by atoms with Crippen molar-refractivity contribution < 1.29 is 22.7 Å². The molecule has 3 aromatic rings. The number of carbonyl (C=O) groups excluding carboxylic acids is 1. The number of fused-ring (bicyclic) bond motifs is 1. The predicted molar refractivity (Wildman–Crippen MR) is 111 cm³/mol. The normalized spacial score (nSPS) is 16.9. The highest BCUT2D eigenvalue weighted by atomic mass is 19.4. The van der Waals surface area contributed by atoms with Crippen molar-refractivity contribution in [1.29, 1.82) is 0 Å². The van der Waals surface area contributed by atoms with Gasteiger partial charge in [0.25, 0.3) is 0 Å². The first-order valence-corrected chi connectivity index (χ1v) is 9.89. The summed E-state index contributed by atoms with van der Waals surface area (Å²) in [5.74, 6) is -0.271. The molecule has 0 spiro atoms. The first-order chi connectivity index (χ1) is 14.8. The fourth-order valence-corrected chi connectivity index (χ4v) is 3.70. The summed E-state index contributed by atoms with van der Waals surface area (Å²) in [5, 5.41) is 2.83. The lowest BCUT2D eigenvalue weighted by Crippen LogP contribution is -2.42. The van der Waals surface area contributed by atoms with Gasteiger partial charge in [-0.05, 0) is 49.2 Å². The maximum absolute atomic E-state index is 13.7. The van der Waals surface area contributed by atoms with Gasteiger partial charge in [0.1, 0.15) is 5.75 Å². The van der Waals surface area contributed by atoms with E-state index in [0.717, 1.165) is 0 Å². The van der Waals surface area contributed by atoms with Crippen molar-refractivity contribution in [1.82, 2.24) is 9.97 Å². The molecule has 2 heterocycles. The molecule has 1 fully saturated rings. The molecule has 1 N–H and O–H groups in total. The van der Waals surface area contributed by atoms with Crippen LogP contribution in [0.5, 0.6) is 5.75 Å². The number of hydrogen-bond acceptors (Lipinski definition) is 5. The molecule has 0 saturated carbocycles. The van der Waals surface area contributed by atoms with Gasteiger partial charge in [-0.2, -0.15) is 13.2 Å². The quantitative estimate of drug-likeness (QED) is 0.660. The monoisotopic (exact) mass is 430 g/mol. The first kappa shape index (κ1) is 20.9. The molecule has 9 heteroatoms. The van der Waals surface area contributed by atoms with Crippen molar-refractivity contribution in [2.24, 2.45) is 5.92 Å². The predicted octanol–water partition coefficient (Wildman–Crippen LogP) is 4.51. The Morgan fingerprint density at radius 3 is 2.42 bits per heavy atom. The van der Waals surface area contributed by atoms with E-state index in [-0.39, 0.29) is 23.8 Å². The SMILES string of the molecule is COc1ccc(NC(=O)[C@H]2CCCN(c3nc4ccccc4nc3C(F)(F)F)C2)cc1. The number of ether oxygens (including phenoxy) is 1. The summed E-state index contributed by atoms with van der Waals surface area (Å²) in [4.78, 5) is 22.4. The molecular weight excluding hydrogens is 409 g/mol. The Bertz CT molecular complexity index is 1090. The van der Waals surface area contributed by atoms with Gasteiger partial charge in [-0.3, -0.25) is 4.79 Å². The Morgan fingerprint density at radius 1 is 1.10 bits per heavy atom. The van der Waals surface area contributed by atoms with Gasteiger partial charge < -0.3 is 15.0 Å². The number of piperidine rings is 1. The number of rotatable bonds is 4. The van der Waals surface area contributed by atoms with Gasteiger partial charge >= 0.3 is 6.18 Å². The Balaban J connectivity index is 1.57. The van der Waals surface area contributed by atoms with Gasteiger partial charge in [0.05, 0.1) is 24.1 Å². The molecule has 1 aliphatic rings. The van der Waals surface area contributed by atoms with E-state index in [4.69, 9.17) is 4.74 Å². The van der Waals surface area contributed by atoms with E-state index in [1.165, 1.54) is 11.0 Å². The average molecular weight is 430 g/mol. The number of benzene rings is 2. The number of halogens is 3. The van der Waals surface area contributed by atoms with Crippen LogP contribution >= 0.6 is 0 Å². The van der Waals surface area contributed by atoms with Crippen LogP contribution in [0.1, 0.15) is 18.5 Å². The fourth-order valence-electron chi connectivity index (χ4n) is 3.70. The summed E-state index contributed by atoms with van der Waals surface area (Å²) < 4.78 is 46.3. The lowest BCUT2D eigenvalue weighted by molar-refractivity contribution is -0.140. The van der Waals surface area contributed by atoms with Crippen LogP contribution in [0.3, 0.4) is 0 Å². The van der Waals surface area contributed by atoms with Crippen LogP contribution in [-0.2, 0) is 11.0 Å². The number of para-hydroxylation sites is 2. The van der Waals surface area contributed by atoms with E-state index in [2.05, 4.69) is 15.3 Å². The standard InChI is InChI=1S/C22H21F3N4O2/c1-31-16-10-8-15(9-11-16)26-21(30)14-5-4-12-29(13-14)20-19(22(23,24)25)27-17-6-2-3-7-18(17)28-20/h2-3,6-11,14H,4-5,12-13H2,1H3,(H,26,30)/t14-/m0/s1. The van der Waals surface area contributed by atoms with Crippen LogP contribution < -0.4 is 15.0 Å². The zero-order valence-corrected chi connectivity index (χ0v) is 16.8. The summed E-state index contributed by atoms with van der Waals surface area (Å²) in [7, 11) is 1.55. The Morgan fingerprint density at radius 2 is 1.77 bits per heavy atom. The molecule has 0 unspecified atom stereocenters. The van der Waals surface area contributed by atoms with Crippen LogP contribution in [0.4, 0.5) is 24.7 Å². The highest BCUT2D eigenvalue weighted by Crippen LogP contribution is 2.36. The smallest absolute Gasteiger partial charge is 0.437 e. The molecule has 1 aliphatic heterocycles. The molecule has 0 radical (unpaired) electrons. The lowest BCUT2D eigenvalue weighted by atomic mass is 9.96. The van der Waals surface area contributed by atoms with Crippen molar-refractivity contribution in [2.45, 2.75) is 19.0 Å².